The SMILES string of the molecule is Cc1ccc(NC(=O)N2C[C@@H](C(F)(F)F)[C@H](C(=O)O)C2)cc1-c1ncco1. The van der Waals surface area contributed by atoms with Crippen LogP contribution in [0.4, 0.5) is 23.7 Å². The number of carbonyl (C=O) groups is 2. The summed E-state index contributed by atoms with van der Waals surface area (Å²) in [5, 5.41) is 11.5. The van der Waals surface area contributed by atoms with Gasteiger partial charge < -0.3 is 19.7 Å². The second-order valence-corrected chi connectivity index (χ2v) is 6.29. The fourth-order valence-corrected chi connectivity index (χ4v) is 3.04. The molecule has 0 bridgehead atoms. The van der Waals surface area contributed by atoms with Gasteiger partial charge in [0, 0.05) is 24.3 Å². The van der Waals surface area contributed by atoms with Crippen LogP contribution in [0.15, 0.2) is 35.1 Å². The fourth-order valence-electron chi connectivity index (χ4n) is 3.04. The minimum Gasteiger partial charge on any atom is -0.481 e. The molecule has 0 radical (unpaired) electrons. The van der Waals surface area contributed by atoms with Crippen molar-refractivity contribution in [1.82, 2.24) is 9.88 Å². The molecule has 7 nitrogen and oxygen atoms in total. The summed E-state index contributed by atoms with van der Waals surface area (Å²) in [6, 6.07) is 4.09. The number of halogens is 3. The predicted molar refractivity (Wildman–Crippen MR) is 87.9 cm³/mol. The van der Waals surface area contributed by atoms with Crippen LogP contribution in [0.3, 0.4) is 0 Å². The quantitative estimate of drug-likeness (QED) is 0.847. The Hall–Kier alpha value is -3.04. The molecule has 0 aliphatic carbocycles. The summed E-state index contributed by atoms with van der Waals surface area (Å²) in [7, 11) is 0. The highest BCUT2D eigenvalue weighted by Crippen LogP contribution is 2.38. The number of aromatic nitrogens is 1. The zero-order chi connectivity index (χ0) is 19.8. The van der Waals surface area contributed by atoms with E-state index in [1.165, 1.54) is 12.5 Å². The number of hydrogen-bond donors (Lipinski definition) is 2. The molecular weight excluding hydrogens is 367 g/mol. The van der Waals surface area contributed by atoms with Gasteiger partial charge >= 0.3 is 18.2 Å². The number of aliphatic carboxylic acids is 1. The van der Waals surface area contributed by atoms with Gasteiger partial charge in [-0.1, -0.05) is 6.07 Å². The minimum atomic E-state index is -4.69. The Kier molecular flexibility index (Phi) is 4.81. The first-order valence-electron chi connectivity index (χ1n) is 8.03. The average molecular weight is 383 g/mol. The van der Waals surface area contributed by atoms with Crippen molar-refractivity contribution in [1.29, 1.82) is 0 Å². The van der Waals surface area contributed by atoms with Crippen molar-refractivity contribution >= 4 is 17.7 Å². The van der Waals surface area contributed by atoms with Crippen molar-refractivity contribution in [2.45, 2.75) is 13.1 Å². The Balaban J connectivity index is 1.76. The molecule has 3 rings (SSSR count). The molecule has 1 aliphatic heterocycles. The Morgan fingerprint density at radius 2 is 2.07 bits per heavy atom. The van der Waals surface area contributed by atoms with Gasteiger partial charge in [-0.15, -0.1) is 0 Å². The molecule has 2 heterocycles. The maximum atomic E-state index is 13.1. The van der Waals surface area contributed by atoms with Gasteiger partial charge in [0.25, 0.3) is 0 Å². The molecule has 2 N–H and O–H groups in total. The summed E-state index contributed by atoms with van der Waals surface area (Å²) < 4.78 is 44.4. The third-order valence-corrected chi connectivity index (χ3v) is 4.50. The summed E-state index contributed by atoms with van der Waals surface area (Å²) in [6.07, 6.45) is -1.83. The first kappa shape index (κ1) is 18.7. The first-order chi connectivity index (χ1) is 12.7. The highest BCUT2D eigenvalue weighted by Gasteiger charge is 2.53. The average Bonchev–Trinajstić information content (AvgIpc) is 3.25. The number of carbonyl (C=O) groups excluding carboxylic acids is 1. The van der Waals surface area contributed by atoms with E-state index in [-0.39, 0.29) is 0 Å². The zero-order valence-corrected chi connectivity index (χ0v) is 14.2. The molecule has 0 unspecified atom stereocenters. The Morgan fingerprint density at radius 3 is 2.63 bits per heavy atom. The van der Waals surface area contributed by atoms with Gasteiger partial charge in [0.1, 0.15) is 6.26 Å². The highest BCUT2D eigenvalue weighted by atomic mass is 19.4. The molecule has 10 heteroatoms. The number of likely N-dealkylation sites (tertiary alicyclic amines) is 1. The van der Waals surface area contributed by atoms with E-state index in [0.29, 0.717) is 17.1 Å². The molecule has 2 amide bonds. The van der Waals surface area contributed by atoms with E-state index in [0.717, 1.165) is 10.5 Å². The van der Waals surface area contributed by atoms with Gasteiger partial charge in [-0.3, -0.25) is 4.79 Å². The number of aryl methyl sites for hydroxylation is 1. The molecule has 1 fully saturated rings. The van der Waals surface area contributed by atoms with Crippen LogP contribution >= 0.6 is 0 Å². The van der Waals surface area contributed by atoms with E-state index in [2.05, 4.69) is 10.3 Å². The van der Waals surface area contributed by atoms with Crippen molar-refractivity contribution in [3.05, 3.63) is 36.2 Å². The third kappa shape index (κ3) is 3.88. The number of rotatable bonds is 3. The van der Waals surface area contributed by atoms with Crippen LogP contribution in [0, 0.1) is 18.8 Å². The van der Waals surface area contributed by atoms with Gasteiger partial charge in [-0.25, -0.2) is 9.78 Å². The van der Waals surface area contributed by atoms with Gasteiger partial charge in [-0.2, -0.15) is 13.2 Å². The summed E-state index contributed by atoms with van der Waals surface area (Å²) in [5.41, 5.74) is 1.79. The molecule has 1 aromatic heterocycles. The van der Waals surface area contributed by atoms with Crippen molar-refractivity contribution in [3.63, 3.8) is 0 Å². The fraction of sp³-hybridized carbons (Fsp3) is 0.353. The Bertz CT molecular complexity index is 852. The van der Waals surface area contributed by atoms with E-state index < -0.39 is 43.1 Å². The van der Waals surface area contributed by atoms with Gasteiger partial charge in [0.15, 0.2) is 0 Å². The smallest absolute Gasteiger partial charge is 0.394 e. The number of carboxylic acid groups (broad SMARTS) is 1. The third-order valence-electron chi connectivity index (χ3n) is 4.50. The van der Waals surface area contributed by atoms with Gasteiger partial charge in [0.05, 0.1) is 18.0 Å². The lowest BCUT2D eigenvalue weighted by molar-refractivity contribution is -0.187. The second kappa shape index (κ2) is 6.93. The van der Waals surface area contributed by atoms with Crippen LogP contribution in [0.25, 0.3) is 11.5 Å². The van der Waals surface area contributed by atoms with E-state index >= 15 is 0 Å². The molecule has 27 heavy (non-hydrogen) atoms. The number of amides is 2. The number of urea groups is 1. The summed E-state index contributed by atoms with van der Waals surface area (Å²) in [6.45, 7) is 0.603. The van der Waals surface area contributed by atoms with Crippen molar-refractivity contribution in [2.75, 3.05) is 18.4 Å². The maximum Gasteiger partial charge on any atom is 0.394 e. The number of benzene rings is 1. The van der Waals surface area contributed by atoms with E-state index in [1.54, 1.807) is 18.2 Å². The molecule has 1 aromatic carbocycles. The van der Waals surface area contributed by atoms with Crippen molar-refractivity contribution < 1.29 is 32.3 Å². The largest absolute Gasteiger partial charge is 0.481 e. The van der Waals surface area contributed by atoms with Crippen LogP contribution in [-0.4, -0.2) is 46.3 Å². The van der Waals surface area contributed by atoms with Crippen molar-refractivity contribution in [2.24, 2.45) is 11.8 Å². The van der Waals surface area contributed by atoms with Crippen LogP contribution in [-0.2, 0) is 4.79 Å². The lowest BCUT2D eigenvalue weighted by Crippen LogP contribution is -2.35. The van der Waals surface area contributed by atoms with Crippen LogP contribution in [0.5, 0.6) is 0 Å². The molecule has 0 saturated carbocycles. The summed E-state index contributed by atoms with van der Waals surface area (Å²) in [4.78, 5) is 28.4. The number of nitrogens with zero attached hydrogens (tertiary/aromatic N) is 2. The monoisotopic (exact) mass is 383 g/mol. The zero-order valence-electron chi connectivity index (χ0n) is 14.2. The van der Waals surface area contributed by atoms with Crippen LogP contribution in [0.2, 0.25) is 0 Å². The Morgan fingerprint density at radius 1 is 1.33 bits per heavy atom. The first-order valence-corrected chi connectivity index (χ1v) is 8.03. The number of carboxylic acids is 1. The molecular formula is C17H16F3N3O4. The molecule has 1 saturated heterocycles. The normalized spacial score (nSPS) is 19.9. The number of oxazole rings is 1. The van der Waals surface area contributed by atoms with Crippen LogP contribution < -0.4 is 5.32 Å². The van der Waals surface area contributed by atoms with E-state index in [1.807, 2.05) is 6.92 Å². The predicted octanol–water partition coefficient (Wildman–Crippen LogP) is 3.38. The molecule has 2 atom stereocenters. The van der Waals surface area contributed by atoms with Crippen LogP contribution in [0.1, 0.15) is 5.56 Å². The minimum absolute atomic E-state index is 0.334. The molecule has 2 aromatic rings. The number of nitrogens with one attached hydrogen (secondary N) is 1. The lowest BCUT2D eigenvalue weighted by Gasteiger charge is -2.19. The number of alkyl halides is 3. The van der Waals surface area contributed by atoms with Gasteiger partial charge in [0.2, 0.25) is 5.89 Å². The van der Waals surface area contributed by atoms with E-state index in [4.69, 9.17) is 9.52 Å². The van der Waals surface area contributed by atoms with Crippen molar-refractivity contribution in [3.8, 4) is 11.5 Å². The number of hydrogen-bond acceptors (Lipinski definition) is 4. The second-order valence-electron chi connectivity index (χ2n) is 6.29. The topological polar surface area (TPSA) is 95.7 Å². The maximum absolute atomic E-state index is 13.1. The Labute approximate surface area is 151 Å². The standard InChI is InChI=1S/C17H16F3N3O4/c1-9-2-3-10(6-11(9)14-21-4-5-27-14)22-16(26)23-7-12(15(24)25)13(8-23)17(18,19)20/h2-6,12-13H,7-8H2,1H3,(H,22,26)(H,24,25)/t12-,13-/m1/s1. The molecule has 144 valence electrons. The summed E-state index contributed by atoms with van der Waals surface area (Å²) in [5.74, 6) is -5.01. The number of anilines is 1. The van der Waals surface area contributed by atoms with Gasteiger partial charge in [-0.05, 0) is 24.6 Å². The summed E-state index contributed by atoms with van der Waals surface area (Å²) >= 11 is 0. The molecule has 1 aliphatic rings. The highest BCUT2D eigenvalue weighted by molar-refractivity contribution is 5.91. The molecule has 0 spiro atoms. The lowest BCUT2D eigenvalue weighted by atomic mass is 9.96. The van der Waals surface area contributed by atoms with E-state index in [9.17, 15) is 22.8 Å².